The molecule has 0 unspecified atom stereocenters. The molecule has 0 spiro atoms. The number of nitrogens with zero attached hydrogens (tertiary/aromatic N) is 1. The molecule has 2 aromatic rings. The summed E-state index contributed by atoms with van der Waals surface area (Å²) in [5.74, 6) is 5.03. The molecule has 1 aromatic carbocycles. The lowest BCUT2D eigenvalue weighted by molar-refractivity contribution is -0.109. The number of methoxy groups -OCH3 is 1. The van der Waals surface area contributed by atoms with E-state index in [0.717, 1.165) is 6.29 Å². The number of para-hydroxylation sites is 1. The molecule has 2 rings (SSSR count). The summed E-state index contributed by atoms with van der Waals surface area (Å²) in [7, 11) is 1.54. The Morgan fingerprint density at radius 1 is 1.10 bits per heavy atom. The maximum absolute atomic E-state index is 10.3. The summed E-state index contributed by atoms with van der Waals surface area (Å²) >= 11 is 0. The molecule has 106 valence electrons. The highest BCUT2D eigenvalue weighted by molar-refractivity contribution is 5.79. The van der Waals surface area contributed by atoms with E-state index in [1.54, 1.807) is 43.1 Å². The van der Waals surface area contributed by atoms with Crippen LogP contribution in [0.1, 0.15) is 10.4 Å². The molecule has 6 heteroatoms. The SMILES string of the molecule is COc1ccccc1C=O.NNC=O.c1ccncc1. The summed E-state index contributed by atoms with van der Waals surface area (Å²) in [5, 5.41) is 0. The molecule has 1 amide bonds. The van der Waals surface area contributed by atoms with Gasteiger partial charge in [0.25, 0.3) is 0 Å². The van der Waals surface area contributed by atoms with Crippen LogP contribution in [0.15, 0.2) is 54.9 Å². The van der Waals surface area contributed by atoms with Crippen LogP contribution in [0.4, 0.5) is 0 Å². The molecule has 0 aliphatic carbocycles. The minimum atomic E-state index is 0.403. The van der Waals surface area contributed by atoms with E-state index in [1.807, 2.05) is 24.3 Å². The maximum Gasteiger partial charge on any atom is 0.221 e. The van der Waals surface area contributed by atoms with Crippen molar-refractivity contribution in [3.05, 3.63) is 60.4 Å². The number of ether oxygens (including phenoxy) is 1. The van der Waals surface area contributed by atoms with Crippen LogP contribution in [0, 0.1) is 0 Å². The van der Waals surface area contributed by atoms with E-state index in [2.05, 4.69) is 10.8 Å². The van der Waals surface area contributed by atoms with Crippen molar-refractivity contribution in [2.24, 2.45) is 5.84 Å². The van der Waals surface area contributed by atoms with Gasteiger partial charge in [-0.25, -0.2) is 5.84 Å². The standard InChI is InChI=1S/C8H8O2.C5H5N.CH4N2O/c1-10-8-5-3-2-4-7(8)6-9;1-2-4-6-5-3-1;2-3-1-4/h2-6H,1H3;1-5H;1H,2H2,(H,3,4). The number of aromatic nitrogens is 1. The number of carbonyl (C=O) groups excluding carboxylic acids is 2. The number of nitrogens with two attached hydrogens (primary N) is 1. The number of hydrogen-bond acceptors (Lipinski definition) is 5. The Kier molecular flexibility index (Phi) is 11.0. The fourth-order valence-electron chi connectivity index (χ4n) is 1.08. The molecule has 1 aromatic heterocycles. The quantitative estimate of drug-likeness (QED) is 0.380. The molecule has 0 fully saturated rings. The zero-order valence-corrected chi connectivity index (χ0v) is 11.1. The molecular formula is C14H17N3O3. The second-order valence-corrected chi connectivity index (χ2v) is 3.17. The van der Waals surface area contributed by atoms with Crippen molar-refractivity contribution in [3.8, 4) is 5.75 Å². The molecule has 0 aliphatic rings. The molecule has 20 heavy (non-hydrogen) atoms. The fraction of sp³-hybridized carbons (Fsp3) is 0.0714. The highest BCUT2D eigenvalue weighted by Crippen LogP contribution is 2.13. The Labute approximate surface area is 117 Å². The number of hydrazine groups is 1. The first-order valence-corrected chi connectivity index (χ1v) is 5.63. The number of benzene rings is 1. The number of hydrogen-bond donors (Lipinski definition) is 2. The van der Waals surface area contributed by atoms with Crippen molar-refractivity contribution in [2.75, 3.05) is 7.11 Å². The van der Waals surface area contributed by atoms with E-state index in [1.165, 1.54) is 0 Å². The van der Waals surface area contributed by atoms with Gasteiger partial charge in [-0.2, -0.15) is 0 Å². The summed E-state index contributed by atoms with van der Waals surface area (Å²) in [6.45, 7) is 0. The van der Waals surface area contributed by atoms with Gasteiger partial charge in [-0.15, -0.1) is 0 Å². The van der Waals surface area contributed by atoms with Crippen LogP contribution in [0.2, 0.25) is 0 Å². The van der Waals surface area contributed by atoms with Crippen LogP contribution in [0.25, 0.3) is 0 Å². The van der Waals surface area contributed by atoms with E-state index in [9.17, 15) is 4.79 Å². The molecule has 0 radical (unpaired) electrons. The van der Waals surface area contributed by atoms with Gasteiger partial charge in [0.2, 0.25) is 6.41 Å². The van der Waals surface area contributed by atoms with Gasteiger partial charge < -0.3 is 4.74 Å². The van der Waals surface area contributed by atoms with Crippen LogP contribution in [0.3, 0.4) is 0 Å². The molecule has 0 saturated carbocycles. The summed E-state index contributed by atoms with van der Waals surface area (Å²) in [5.41, 5.74) is 2.34. The van der Waals surface area contributed by atoms with Gasteiger partial charge in [-0.3, -0.25) is 20.0 Å². The van der Waals surface area contributed by atoms with Crippen molar-refractivity contribution < 1.29 is 14.3 Å². The van der Waals surface area contributed by atoms with Crippen molar-refractivity contribution in [1.29, 1.82) is 0 Å². The second-order valence-electron chi connectivity index (χ2n) is 3.17. The van der Waals surface area contributed by atoms with Gasteiger partial charge in [0.05, 0.1) is 12.7 Å². The van der Waals surface area contributed by atoms with E-state index in [0.29, 0.717) is 17.7 Å². The Bertz CT molecular complexity index is 451. The van der Waals surface area contributed by atoms with Crippen LogP contribution in [-0.4, -0.2) is 24.8 Å². The summed E-state index contributed by atoms with van der Waals surface area (Å²) in [6, 6.07) is 12.8. The molecule has 0 saturated heterocycles. The van der Waals surface area contributed by atoms with Crippen LogP contribution in [0.5, 0.6) is 5.75 Å². The largest absolute Gasteiger partial charge is 0.496 e. The molecule has 1 heterocycles. The van der Waals surface area contributed by atoms with E-state index < -0.39 is 0 Å². The number of carbonyl (C=O) groups is 2. The lowest BCUT2D eigenvalue weighted by atomic mass is 10.2. The second kappa shape index (κ2) is 12.7. The Morgan fingerprint density at radius 3 is 2.00 bits per heavy atom. The molecular weight excluding hydrogens is 258 g/mol. The number of amides is 1. The zero-order chi connectivity index (χ0) is 15.1. The van der Waals surface area contributed by atoms with Crippen molar-refractivity contribution >= 4 is 12.7 Å². The molecule has 0 bridgehead atoms. The predicted octanol–water partition coefficient (Wildman–Crippen LogP) is 1.20. The van der Waals surface area contributed by atoms with Gasteiger partial charge in [-0.1, -0.05) is 18.2 Å². The monoisotopic (exact) mass is 275 g/mol. The number of rotatable bonds is 3. The lowest BCUT2D eigenvalue weighted by Crippen LogP contribution is -2.18. The Morgan fingerprint density at radius 2 is 1.70 bits per heavy atom. The maximum atomic E-state index is 10.3. The van der Waals surface area contributed by atoms with Crippen LogP contribution >= 0.6 is 0 Å². The zero-order valence-electron chi connectivity index (χ0n) is 11.1. The normalized spacial score (nSPS) is 7.90. The number of pyridine rings is 1. The smallest absolute Gasteiger partial charge is 0.221 e. The molecule has 3 N–H and O–H groups in total. The van der Waals surface area contributed by atoms with Crippen molar-refractivity contribution in [3.63, 3.8) is 0 Å². The minimum absolute atomic E-state index is 0.403. The number of nitrogens with one attached hydrogen (secondary N) is 1. The first kappa shape index (κ1) is 17.3. The van der Waals surface area contributed by atoms with E-state index in [4.69, 9.17) is 9.53 Å². The Balaban J connectivity index is 0.000000307. The number of aldehydes is 1. The topological polar surface area (TPSA) is 94.3 Å². The van der Waals surface area contributed by atoms with Crippen LogP contribution < -0.4 is 16.0 Å². The summed E-state index contributed by atoms with van der Waals surface area (Å²) in [6.07, 6.45) is 4.68. The molecule has 6 nitrogen and oxygen atoms in total. The van der Waals surface area contributed by atoms with Gasteiger partial charge >= 0.3 is 0 Å². The van der Waals surface area contributed by atoms with Gasteiger partial charge in [0, 0.05) is 12.4 Å². The minimum Gasteiger partial charge on any atom is -0.496 e. The highest BCUT2D eigenvalue weighted by Gasteiger charge is 1.96. The van der Waals surface area contributed by atoms with Gasteiger partial charge in [-0.05, 0) is 24.3 Å². The average molecular weight is 275 g/mol. The van der Waals surface area contributed by atoms with E-state index >= 15 is 0 Å². The lowest BCUT2D eigenvalue weighted by Gasteiger charge is -1.99. The molecule has 0 atom stereocenters. The van der Waals surface area contributed by atoms with Gasteiger partial charge in [0.1, 0.15) is 5.75 Å². The Hall–Kier alpha value is -2.73. The van der Waals surface area contributed by atoms with Crippen molar-refractivity contribution in [1.82, 2.24) is 10.4 Å². The van der Waals surface area contributed by atoms with E-state index in [-0.39, 0.29) is 0 Å². The first-order valence-electron chi connectivity index (χ1n) is 5.63. The summed E-state index contributed by atoms with van der Waals surface area (Å²) < 4.78 is 4.90. The first-order chi connectivity index (χ1) is 9.79. The van der Waals surface area contributed by atoms with Crippen molar-refractivity contribution in [2.45, 2.75) is 0 Å². The van der Waals surface area contributed by atoms with Crippen LogP contribution in [-0.2, 0) is 4.79 Å². The van der Waals surface area contributed by atoms with Gasteiger partial charge in [0.15, 0.2) is 6.29 Å². The highest BCUT2D eigenvalue weighted by atomic mass is 16.5. The predicted molar refractivity (Wildman–Crippen MR) is 76.0 cm³/mol. The molecule has 0 aliphatic heterocycles. The third-order valence-corrected chi connectivity index (χ3v) is 1.90. The summed E-state index contributed by atoms with van der Waals surface area (Å²) in [4.78, 5) is 23.0. The fourth-order valence-corrected chi connectivity index (χ4v) is 1.08. The third-order valence-electron chi connectivity index (χ3n) is 1.90. The third kappa shape index (κ3) is 8.37. The average Bonchev–Trinajstić information content (AvgIpc) is 2.57.